The van der Waals surface area contributed by atoms with E-state index in [1.807, 2.05) is 6.92 Å². The predicted octanol–water partition coefficient (Wildman–Crippen LogP) is 4.19. The first-order valence-electron chi connectivity index (χ1n) is 6.11. The van der Waals surface area contributed by atoms with E-state index in [2.05, 4.69) is 26.2 Å². The second-order valence-corrected chi connectivity index (χ2v) is 4.98. The molecular weight excluding hydrogens is 349 g/mol. The van der Waals surface area contributed by atoms with Crippen LogP contribution in [0.2, 0.25) is 0 Å². The highest BCUT2D eigenvalue weighted by Crippen LogP contribution is 2.33. The summed E-state index contributed by atoms with van der Waals surface area (Å²) in [7, 11) is 1.45. The van der Waals surface area contributed by atoms with Gasteiger partial charge in [0.25, 0.3) is 5.91 Å². The summed E-state index contributed by atoms with van der Waals surface area (Å²) < 4.78 is 39.2. The zero-order chi connectivity index (χ0) is 16.0. The third kappa shape index (κ3) is 5.00. The summed E-state index contributed by atoms with van der Waals surface area (Å²) in [5, 5.41) is 2.36. The molecule has 1 amide bonds. The highest BCUT2D eigenvalue weighted by molar-refractivity contribution is 9.10. The van der Waals surface area contributed by atoms with Crippen molar-refractivity contribution in [3.8, 4) is 0 Å². The summed E-state index contributed by atoms with van der Waals surface area (Å²) >= 11 is 3.07. The number of aliphatic imine (C=N–C) groups is 1. The van der Waals surface area contributed by atoms with Gasteiger partial charge in [0, 0.05) is 11.5 Å². The molecule has 1 N–H and O–H groups in total. The Morgan fingerprint density at radius 1 is 1.43 bits per heavy atom. The average Bonchev–Trinajstić information content (AvgIpc) is 2.41. The molecule has 3 nitrogen and oxygen atoms in total. The van der Waals surface area contributed by atoms with Gasteiger partial charge in [-0.15, -0.1) is 0 Å². The molecule has 1 aromatic carbocycles. The number of halogens is 4. The zero-order valence-corrected chi connectivity index (χ0v) is 13.0. The Labute approximate surface area is 129 Å². The monoisotopic (exact) mass is 362 g/mol. The van der Waals surface area contributed by atoms with Crippen molar-refractivity contribution >= 4 is 27.7 Å². The Kier molecular flexibility index (Phi) is 6.14. The molecule has 21 heavy (non-hydrogen) atoms. The molecule has 0 heterocycles. The Hall–Kier alpha value is -1.63. The van der Waals surface area contributed by atoms with Crippen LogP contribution in [0.1, 0.15) is 29.3 Å². The molecule has 0 aliphatic rings. The maximum Gasteiger partial charge on any atom is 0.417 e. The second-order valence-electron chi connectivity index (χ2n) is 4.06. The van der Waals surface area contributed by atoms with Gasteiger partial charge in [-0.05, 0) is 30.7 Å². The summed E-state index contributed by atoms with van der Waals surface area (Å²) in [5.41, 5.74) is -1.44. The smallest absolute Gasteiger partial charge is 0.307 e. The van der Waals surface area contributed by atoms with E-state index in [-0.39, 0.29) is 5.84 Å². The lowest BCUT2D eigenvalue weighted by Crippen LogP contribution is -2.31. The van der Waals surface area contributed by atoms with Gasteiger partial charge in [-0.3, -0.25) is 9.79 Å². The molecule has 0 saturated carbocycles. The molecule has 0 bridgehead atoms. The number of amides is 1. The van der Waals surface area contributed by atoms with Gasteiger partial charge in [-0.2, -0.15) is 13.2 Å². The van der Waals surface area contributed by atoms with Crippen LogP contribution in [0.4, 0.5) is 13.2 Å². The normalized spacial score (nSPS) is 12.8. The number of allylic oxidation sites excluding steroid dienone is 1. The van der Waals surface area contributed by atoms with Crippen LogP contribution in [-0.4, -0.2) is 18.8 Å². The van der Waals surface area contributed by atoms with Crippen LogP contribution in [0.25, 0.3) is 0 Å². The Balaban J connectivity index is 3.12. The number of rotatable bonds is 3. The van der Waals surface area contributed by atoms with Crippen LogP contribution >= 0.6 is 15.9 Å². The first-order chi connectivity index (χ1) is 9.79. The summed E-state index contributed by atoms with van der Waals surface area (Å²) in [6, 6.07) is 3.24. The molecule has 0 saturated heterocycles. The summed E-state index contributed by atoms with van der Waals surface area (Å²) in [6.45, 7) is 1.89. The molecule has 114 valence electrons. The Morgan fingerprint density at radius 3 is 2.62 bits per heavy atom. The van der Waals surface area contributed by atoms with Crippen molar-refractivity contribution < 1.29 is 18.0 Å². The molecule has 1 rings (SSSR count). The summed E-state index contributed by atoms with van der Waals surface area (Å²) in [5.74, 6) is -0.653. The number of nitrogens with one attached hydrogen (secondary N) is 1. The van der Waals surface area contributed by atoms with Gasteiger partial charge in [-0.25, -0.2) is 0 Å². The van der Waals surface area contributed by atoms with E-state index in [0.717, 1.165) is 18.6 Å². The molecule has 0 fully saturated rings. The SMILES string of the molecule is CC/C=C\C(=NC)NC(=O)c1cc(Br)ccc1C(F)(F)F. The number of amidine groups is 1. The number of carbonyl (C=O) groups is 1. The van der Waals surface area contributed by atoms with Gasteiger partial charge in [0.15, 0.2) is 0 Å². The van der Waals surface area contributed by atoms with Gasteiger partial charge in [0.2, 0.25) is 0 Å². The molecular formula is C14H14BrF3N2O. The molecule has 0 aliphatic carbocycles. The van der Waals surface area contributed by atoms with E-state index in [9.17, 15) is 18.0 Å². The van der Waals surface area contributed by atoms with Crippen LogP contribution in [0, 0.1) is 0 Å². The Bertz CT molecular complexity index is 580. The summed E-state index contributed by atoms with van der Waals surface area (Å²) in [6.07, 6.45) is -0.590. The number of benzene rings is 1. The van der Waals surface area contributed by atoms with Crippen molar-refractivity contribution in [1.29, 1.82) is 0 Å². The largest absolute Gasteiger partial charge is 0.417 e. The lowest BCUT2D eigenvalue weighted by atomic mass is 10.1. The van der Waals surface area contributed by atoms with Gasteiger partial charge in [0.05, 0.1) is 11.1 Å². The van der Waals surface area contributed by atoms with Crippen LogP contribution in [0.5, 0.6) is 0 Å². The fourth-order valence-electron chi connectivity index (χ4n) is 1.54. The third-order valence-corrected chi connectivity index (χ3v) is 3.02. The minimum absolute atomic E-state index is 0.204. The van der Waals surface area contributed by atoms with Crippen molar-refractivity contribution in [2.75, 3.05) is 7.05 Å². The fourth-order valence-corrected chi connectivity index (χ4v) is 1.90. The Morgan fingerprint density at radius 2 is 2.10 bits per heavy atom. The molecule has 0 aromatic heterocycles. The molecule has 0 atom stereocenters. The molecule has 1 aromatic rings. The molecule has 0 unspecified atom stereocenters. The van der Waals surface area contributed by atoms with Crippen LogP contribution in [0.15, 0.2) is 39.8 Å². The van der Waals surface area contributed by atoms with E-state index >= 15 is 0 Å². The van der Waals surface area contributed by atoms with Gasteiger partial charge in [-0.1, -0.05) is 28.9 Å². The van der Waals surface area contributed by atoms with Crippen molar-refractivity contribution in [2.45, 2.75) is 19.5 Å². The van der Waals surface area contributed by atoms with Crippen molar-refractivity contribution in [1.82, 2.24) is 5.32 Å². The number of hydrogen-bond donors (Lipinski definition) is 1. The minimum Gasteiger partial charge on any atom is -0.307 e. The standard InChI is InChI=1S/C14H14BrF3N2O/c1-3-4-5-12(19-2)20-13(21)10-8-9(15)6-7-11(10)14(16,17)18/h4-8H,3H2,1-2H3,(H,19,20,21)/b5-4-. The highest BCUT2D eigenvalue weighted by Gasteiger charge is 2.35. The molecule has 7 heteroatoms. The molecule has 0 aliphatic heterocycles. The predicted molar refractivity (Wildman–Crippen MR) is 79.4 cm³/mol. The van der Waals surface area contributed by atoms with Gasteiger partial charge >= 0.3 is 6.18 Å². The summed E-state index contributed by atoms with van der Waals surface area (Å²) in [4.78, 5) is 15.9. The number of nitrogens with zero attached hydrogens (tertiary/aromatic N) is 1. The quantitative estimate of drug-likeness (QED) is 0.635. The van der Waals surface area contributed by atoms with Gasteiger partial charge in [0.1, 0.15) is 5.84 Å². The van der Waals surface area contributed by atoms with Crippen LogP contribution in [-0.2, 0) is 6.18 Å². The van der Waals surface area contributed by atoms with E-state index < -0.39 is 23.2 Å². The van der Waals surface area contributed by atoms with Gasteiger partial charge < -0.3 is 5.32 Å². The van der Waals surface area contributed by atoms with Crippen molar-refractivity contribution in [3.63, 3.8) is 0 Å². The number of hydrogen-bond acceptors (Lipinski definition) is 2. The average molecular weight is 363 g/mol. The zero-order valence-electron chi connectivity index (χ0n) is 11.5. The maximum absolute atomic E-state index is 12.9. The number of alkyl halides is 3. The maximum atomic E-state index is 12.9. The van der Waals surface area contributed by atoms with E-state index in [0.29, 0.717) is 4.47 Å². The number of carbonyl (C=O) groups excluding carboxylic acids is 1. The fraction of sp³-hybridized carbons (Fsp3) is 0.286. The first-order valence-corrected chi connectivity index (χ1v) is 6.90. The molecule has 0 spiro atoms. The van der Waals surface area contributed by atoms with E-state index in [1.165, 1.54) is 13.1 Å². The molecule has 0 radical (unpaired) electrons. The van der Waals surface area contributed by atoms with E-state index in [1.54, 1.807) is 12.2 Å². The second kappa shape index (κ2) is 7.40. The van der Waals surface area contributed by atoms with Crippen LogP contribution < -0.4 is 5.32 Å². The topological polar surface area (TPSA) is 41.5 Å². The lowest BCUT2D eigenvalue weighted by Gasteiger charge is -2.13. The highest BCUT2D eigenvalue weighted by atomic mass is 79.9. The lowest BCUT2D eigenvalue weighted by molar-refractivity contribution is -0.137. The van der Waals surface area contributed by atoms with Crippen LogP contribution in [0.3, 0.4) is 0 Å². The first kappa shape index (κ1) is 17.4. The minimum atomic E-state index is -4.60. The van der Waals surface area contributed by atoms with E-state index in [4.69, 9.17) is 0 Å². The third-order valence-electron chi connectivity index (χ3n) is 2.53. The van der Waals surface area contributed by atoms with Crippen molar-refractivity contribution in [2.24, 2.45) is 4.99 Å². The van der Waals surface area contributed by atoms with Crippen molar-refractivity contribution in [3.05, 3.63) is 46.0 Å².